The van der Waals surface area contributed by atoms with Crippen molar-refractivity contribution in [2.45, 2.75) is 0 Å². The third kappa shape index (κ3) is 1.59. The molecule has 0 aromatic heterocycles. The number of para-hydroxylation sites is 1. The van der Waals surface area contributed by atoms with Crippen molar-refractivity contribution in [1.29, 1.82) is 0 Å². The number of hydrogen-bond donors (Lipinski definition) is 1. The average Bonchev–Trinajstić information content (AvgIpc) is 2.04. The zero-order chi connectivity index (χ0) is 8.27. The molecule has 11 heavy (non-hydrogen) atoms. The monoisotopic (exact) mass is 168 g/mol. The smallest absolute Gasteiger partial charge is 0.327 e. The van der Waals surface area contributed by atoms with Gasteiger partial charge < -0.3 is 9.53 Å². The Morgan fingerprint density at radius 1 is 1.45 bits per heavy atom. The Morgan fingerprint density at radius 2 is 2.09 bits per heavy atom. The summed E-state index contributed by atoms with van der Waals surface area (Å²) in [6.45, 7) is 0. The summed E-state index contributed by atoms with van der Waals surface area (Å²) in [5, 5.41) is 9.13. The van der Waals surface area contributed by atoms with E-state index in [1.54, 1.807) is 12.1 Å². The summed E-state index contributed by atoms with van der Waals surface area (Å²) in [4.78, 5) is 10.9. The predicted molar refractivity (Wildman–Crippen MR) is 43.5 cm³/mol. The topological polar surface area (TPSA) is 46.5 Å². The number of hydrogen-bond acceptors (Lipinski definition) is 3. The van der Waals surface area contributed by atoms with E-state index in [0.29, 0.717) is 10.5 Å². The quantitative estimate of drug-likeness (QED) is 0.592. The maximum atomic E-state index is 10.9. The number of carbonyl (C=O) groups is 1. The Kier molecular flexibility index (Phi) is 2.27. The molecule has 0 spiro atoms. The van der Waals surface area contributed by atoms with Crippen molar-refractivity contribution in [3.63, 3.8) is 0 Å². The van der Waals surface area contributed by atoms with E-state index < -0.39 is 5.97 Å². The number of phenolic OH excluding ortho intramolecular Hbond substituents is 1. The minimum atomic E-state index is -0.463. The van der Waals surface area contributed by atoms with E-state index in [0.717, 1.165) is 0 Å². The van der Waals surface area contributed by atoms with Crippen LogP contribution in [0.15, 0.2) is 24.3 Å². The molecular weight excluding hydrogens is 160 g/mol. The first kappa shape index (κ1) is 7.81. The van der Waals surface area contributed by atoms with E-state index in [1.807, 2.05) is 0 Å². The summed E-state index contributed by atoms with van der Waals surface area (Å²) in [6, 6.07) is 6.30. The van der Waals surface area contributed by atoms with Gasteiger partial charge >= 0.3 is 5.97 Å². The molecule has 4 heteroatoms. The van der Waals surface area contributed by atoms with Crippen LogP contribution in [0.4, 0.5) is 0 Å². The Morgan fingerprint density at radius 3 is 2.64 bits per heavy atom. The molecule has 0 radical (unpaired) electrons. The van der Waals surface area contributed by atoms with E-state index in [-0.39, 0.29) is 11.3 Å². The van der Waals surface area contributed by atoms with Gasteiger partial charge in [0.25, 0.3) is 0 Å². The van der Waals surface area contributed by atoms with Gasteiger partial charge in [-0.3, -0.25) is 0 Å². The summed E-state index contributed by atoms with van der Waals surface area (Å²) in [6.07, 6.45) is 0. The molecule has 0 heterocycles. The van der Waals surface area contributed by atoms with Crippen molar-refractivity contribution in [2.24, 2.45) is 0 Å². The van der Waals surface area contributed by atoms with Gasteiger partial charge in [0.2, 0.25) is 10.5 Å². The van der Waals surface area contributed by atoms with Crippen molar-refractivity contribution in [3.8, 4) is 5.75 Å². The fourth-order valence-corrected chi connectivity index (χ4v) is 0.976. The molecule has 0 aliphatic carbocycles. The third-order valence-electron chi connectivity index (χ3n) is 1.31. The molecular formula is C7H8O3Si. The molecule has 3 nitrogen and oxygen atoms in total. The van der Waals surface area contributed by atoms with E-state index in [1.165, 1.54) is 12.1 Å². The van der Waals surface area contributed by atoms with Crippen LogP contribution in [0.25, 0.3) is 0 Å². The molecule has 58 valence electrons. The fraction of sp³-hybridized carbons (Fsp3) is 0. The molecule has 1 N–H and O–H groups in total. The second kappa shape index (κ2) is 3.20. The first-order chi connectivity index (χ1) is 5.25. The van der Waals surface area contributed by atoms with Gasteiger partial charge in [-0.25, -0.2) is 4.79 Å². The van der Waals surface area contributed by atoms with E-state index in [2.05, 4.69) is 4.43 Å². The minimum absolute atomic E-state index is 0.0339. The van der Waals surface area contributed by atoms with Crippen LogP contribution >= 0.6 is 0 Å². The molecule has 0 saturated carbocycles. The van der Waals surface area contributed by atoms with Gasteiger partial charge in [-0.1, -0.05) is 12.1 Å². The maximum Gasteiger partial charge on any atom is 0.327 e. The first-order valence-corrected chi connectivity index (χ1v) is 3.93. The molecule has 0 atom stereocenters. The highest BCUT2D eigenvalue weighted by molar-refractivity contribution is 6.10. The minimum Gasteiger partial charge on any atom is -0.525 e. The van der Waals surface area contributed by atoms with Crippen molar-refractivity contribution in [3.05, 3.63) is 29.8 Å². The van der Waals surface area contributed by atoms with Crippen LogP contribution in [-0.2, 0) is 4.43 Å². The lowest BCUT2D eigenvalue weighted by Crippen LogP contribution is -2.01. The normalized spacial score (nSPS) is 9.45. The molecule has 0 fully saturated rings. The summed E-state index contributed by atoms with van der Waals surface area (Å²) in [5.41, 5.74) is 0.225. The molecule has 1 aromatic carbocycles. The van der Waals surface area contributed by atoms with Crippen molar-refractivity contribution in [2.75, 3.05) is 0 Å². The average molecular weight is 168 g/mol. The van der Waals surface area contributed by atoms with Crippen LogP contribution < -0.4 is 0 Å². The standard InChI is InChI=1S/C7H8O3Si/c8-6-4-2-1-3-5(6)7(9)10-11/h1-4,8H,11H3. The third-order valence-corrected chi connectivity index (χ3v) is 1.68. The zero-order valence-corrected chi connectivity index (χ0v) is 8.07. The van der Waals surface area contributed by atoms with Crippen molar-refractivity contribution < 1.29 is 14.3 Å². The molecule has 0 saturated heterocycles. The second-order valence-electron chi connectivity index (χ2n) is 2.01. The highest BCUT2D eigenvalue weighted by Crippen LogP contribution is 2.15. The lowest BCUT2D eigenvalue weighted by atomic mass is 10.2. The highest BCUT2D eigenvalue weighted by Gasteiger charge is 2.07. The summed E-state index contributed by atoms with van der Waals surface area (Å²) < 4.78 is 4.56. The zero-order valence-electron chi connectivity index (χ0n) is 6.07. The Hall–Kier alpha value is -1.29. The van der Waals surface area contributed by atoms with E-state index in [4.69, 9.17) is 5.11 Å². The number of carbonyl (C=O) groups excluding carboxylic acids is 1. The molecule has 0 aliphatic heterocycles. The van der Waals surface area contributed by atoms with Crippen LogP contribution in [-0.4, -0.2) is 21.6 Å². The molecule has 1 rings (SSSR count). The number of phenols is 1. The van der Waals surface area contributed by atoms with Gasteiger partial charge in [0.15, 0.2) is 0 Å². The predicted octanol–water partition coefficient (Wildman–Crippen LogP) is -0.171. The lowest BCUT2D eigenvalue weighted by molar-refractivity contribution is 0.0746. The molecule has 0 amide bonds. The molecule has 0 unspecified atom stereocenters. The van der Waals surface area contributed by atoms with E-state index >= 15 is 0 Å². The van der Waals surface area contributed by atoms with Gasteiger partial charge in [0.1, 0.15) is 5.75 Å². The largest absolute Gasteiger partial charge is 0.525 e. The van der Waals surface area contributed by atoms with Crippen LogP contribution in [0.3, 0.4) is 0 Å². The van der Waals surface area contributed by atoms with Crippen LogP contribution in [0.2, 0.25) is 0 Å². The second-order valence-corrected chi connectivity index (χ2v) is 2.42. The van der Waals surface area contributed by atoms with Crippen molar-refractivity contribution in [1.82, 2.24) is 0 Å². The van der Waals surface area contributed by atoms with Crippen LogP contribution in [0.1, 0.15) is 10.4 Å². The fourth-order valence-electron chi connectivity index (χ4n) is 0.756. The Balaban J connectivity index is 3.03. The van der Waals surface area contributed by atoms with Gasteiger partial charge in [-0.15, -0.1) is 0 Å². The summed E-state index contributed by atoms with van der Waals surface area (Å²) in [7, 11) is 0.345. The SMILES string of the molecule is O=C(O[SiH3])c1ccccc1O. The maximum absolute atomic E-state index is 10.9. The lowest BCUT2D eigenvalue weighted by Gasteiger charge is -2.00. The molecule has 0 bridgehead atoms. The molecule has 0 aliphatic rings. The summed E-state index contributed by atoms with van der Waals surface area (Å²) >= 11 is 0. The van der Waals surface area contributed by atoms with Gasteiger partial charge in [0.05, 0.1) is 5.56 Å². The summed E-state index contributed by atoms with van der Waals surface area (Å²) in [5.74, 6) is -0.497. The van der Waals surface area contributed by atoms with Crippen LogP contribution in [0, 0.1) is 0 Å². The number of aromatic hydroxyl groups is 1. The Bertz CT molecular complexity index is 272. The van der Waals surface area contributed by atoms with Gasteiger partial charge in [-0.2, -0.15) is 0 Å². The Labute approximate surface area is 67.2 Å². The number of benzene rings is 1. The van der Waals surface area contributed by atoms with E-state index in [9.17, 15) is 4.79 Å². The van der Waals surface area contributed by atoms with Gasteiger partial charge in [0, 0.05) is 0 Å². The van der Waals surface area contributed by atoms with Gasteiger partial charge in [-0.05, 0) is 12.1 Å². The highest BCUT2D eigenvalue weighted by atomic mass is 28.2. The molecule has 1 aromatic rings. The van der Waals surface area contributed by atoms with Crippen LogP contribution in [0.5, 0.6) is 5.75 Å². The first-order valence-electron chi connectivity index (χ1n) is 3.12. The number of rotatable bonds is 1. The van der Waals surface area contributed by atoms with Crippen molar-refractivity contribution >= 4 is 16.5 Å².